The van der Waals surface area contributed by atoms with Gasteiger partial charge in [0.15, 0.2) is 12.0 Å². The highest BCUT2D eigenvalue weighted by atomic mass is 16.5. The van der Waals surface area contributed by atoms with Gasteiger partial charge in [0.1, 0.15) is 0 Å². The molecule has 116 valence electrons. The number of likely N-dealkylation sites (N-methyl/N-ethyl adjacent to an activating group) is 1. The van der Waals surface area contributed by atoms with E-state index in [9.17, 15) is 9.59 Å². The van der Waals surface area contributed by atoms with Crippen LogP contribution in [-0.4, -0.2) is 62.3 Å². The van der Waals surface area contributed by atoms with Crippen molar-refractivity contribution in [3.05, 3.63) is 0 Å². The molecule has 7 N–H and O–H groups in total. The molecule has 0 radical (unpaired) electrons. The highest BCUT2D eigenvalue weighted by Crippen LogP contribution is 1.98. The zero-order valence-electron chi connectivity index (χ0n) is 11.7. The highest BCUT2D eigenvalue weighted by molar-refractivity contribution is 5.87. The van der Waals surface area contributed by atoms with Gasteiger partial charge in [0.05, 0.1) is 19.8 Å². The molecule has 0 saturated heterocycles. The summed E-state index contributed by atoms with van der Waals surface area (Å²) in [6.45, 7) is -0.0536. The second-order valence-electron chi connectivity index (χ2n) is 4.09. The Morgan fingerprint density at radius 1 is 1.40 bits per heavy atom. The van der Waals surface area contributed by atoms with Crippen molar-refractivity contribution in [2.75, 3.05) is 27.3 Å². The van der Waals surface area contributed by atoms with Gasteiger partial charge in [-0.05, 0) is 19.9 Å². The van der Waals surface area contributed by atoms with Crippen molar-refractivity contribution in [2.24, 2.45) is 5.73 Å². The van der Waals surface area contributed by atoms with Crippen LogP contribution in [0.25, 0.3) is 0 Å². The molecule has 0 aromatic rings. The van der Waals surface area contributed by atoms with Crippen molar-refractivity contribution >= 4 is 17.8 Å². The van der Waals surface area contributed by atoms with Crippen LogP contribution in [0, 0.1) is 5.41 Å². The lowest BCUT2D eigenvalue weighted by Crippen LogP contribution is -2.51. The Balaban J connectivity index is 4.25. The molecule has 20 heavy (non-hydrogen) atoms. The van der Waals surface area contributed by atoms with Crippen molar-refractivity contribution in [2.45, 2.75) is 24.9 Å². The first kappa shape index (κ1) is 18.1. The Morgan fingerprint density at radius 2 is 2.05 bits per heavy atom. The molecule has 0 rings (SSSR count). The summed E-state index contributed by atoms with van der Waals surface area (Å²) in [5.41, 5.74) is 5.13. The predicted molar refractivity (Wildman–Crippen MR) is 73.0 cm³/mol. The van der Waals surface area contributed by atoms with E-state index in [4.69, 9.17) is 16.2 Å². The number of amides is 1. The molecule has 9 nitrogen and oxygen atoms in total. The first-order valence-corrected chi connectivity index (χ1v) is 6.20. The molecule has 9 heteroatoms. The number of methoxy groups -OCH3 is 1. The predicted octanol–water partition coefficient (Wildman–Crippen LogP) is -2.51. The minimum absolute atomic E-state index is 0.124. The second-order valence-corrected chi connectivity index (χ2v) is 4.09. The van der Waals surface area contributed by atoms with Gasteiger partial charge >= 0.3 is 5.97 Å². The van der Waals surface area contributed by atoms with Gasteiger partial charge in [-0.15, -0.1) is 0 Å². The number of rotatable bonds is 9. The van der Waals surface area contributed by atoms with E-state index in [2.05, 4.69) is 20.7 Å². The smallest absolute Gasteiger partial charge is 0.330 e. The fourth-order valence-corrected chi connectivity index (χ4v) is 1.53. The molecule has 1 amide bonds. The summed E-state index contributed by atoms with van der Waals surface area (Å²) in [5.74, 6) is -1.23. The van der Waals surface area contributed by atoms with Crippen LogP contribution < -0.4 is 21.7 Å². The Bertz CT molecular complexity index is 337. The second kappa shape index (κ2) is 9.98. The number of carbonyl (C=O) groups is 2. The van der Waals surface area contributed by atoms with Crippen LogP contribution in [0.4, 0.5) is 0 Å². The largest absolute Gasteiger partial charge is 0.467 e. The highest BCUT2D eigenvalue weighted by Gasteiger charge is 2.24. The van der Waals surface area contributed by atoms with Gasteiger partial charge in [0.25, 0.3) is 0 Å². The van der Waals surface area contributed by atoms with Gasteiger partial charge in [0.2, 0.25) is 5.91 Å². The average Bonchev–Trinajstić information content (AvgIpc) is 2.43. The Labute approximate surface area is 117 Å². The SMILES string of the molecule is CN[C@@H](CCCNC(=N)N)C(=O)NC(CO)C(=O)OC. The van der Waals surface area contributed by atoms with Crippen molar-refractivity contribution in [3.8, 4) is 0 Å². The Kier molecular flexibility index (Phi) is 9.05. The Morgan fingerprint density at radius 3 is 2.50 bits per heavy atom. The van der Waals surface area contributed by atoms with E-state index in [1.54, 1.807) is 7.05 Å². The molecule has 1 unspecified atom stereocenters. The summed E-state index contributed by atoms with van der Waals surface area (Å²) < 4.78 is 4.46. The summed E-state index contributed by atoms with van der Waals surface area (Å²) in [5, 5.41) is 23.9. The van der Waals surface area contributed by atoms with Crippen LogP contribution in [0.15, 0.2) is 0 Å². The lowest BCUT2D eigenvalue weighted by atomic mass is 10.1. The van der Waals surface area contributed by atoms with Crippen molar-refractivity contribution in [1.29, 1.82) is 5.41 Å². The van der Waals surface area contributed by atoms with Gasteiger partial charge in [-0.1, -0.05) is 0 Å². The summed E-state index contributed by atoms with van der Waals surface area (Å²) in [6.07, 6.45) is 1.10. The van der Waals surface area contributed by atoms with Gasteiger partial charge in [-0.25, -0.2) is 4.79 Å². The maximum Gasteiger partial charge on any atom is 0.330 e. The van der Waals surface area contributed by atoms with Crippen molar-refractivity contribution in [1.82, 2.24) is 16.0 Å². The van der Waals surface area contributed by atoms with Crippen LogP contribution in [0.3, 0.4) is 0 Å². The number of aliphatic hydroxyl groups excluding tert-OH is 1. The summed E-state index contributed by atoms with van der Waals surface area (Å²) >= 11 is 0. The number of esters is 1. The van der Waals surface area contributed by atoms with Gasteiger partial charge < -0.3 is 31.5 Å². The molecule has 0 bridgehead atoms. The molecule has 0 aliphatic rings. The van der Waals surface area contributed by atoms with Crippen LogP contribution in [0.5, 0.6) is 0 Å². The molecule has 0 spiro atoms. The number of aliphatic hydroxyl groups is 1. The fourth-order valence-electron chi connectivity index (χ4n) is 1.53. The standard InChI is InChI=1S/C11H23N5O4/c1-14-7(4-3-5-15-11(12)13)9(18)16-8(6-17)10(19)20-2/h7-8,14,17H,3-6H2,1-2H3,(H,16,18)(H4,12,13,15)/t7-,8?/m0/s1. The minimum atomic E-state index is -1.07. The van der Waals surface area contributed by atoms with E-state index in [1.165, 1.54) is 7.11 Å². The number of nitrogens with two attached hydrogens (primary N) is 1. The average molecular weight is 289 g/mol. The van der Waals surface area contributed by atoms with Gasteiger partial charge in [0, 0.05) is 6.54 Å². The van der Waals surface area contributed by atoms with Crippen molar-refractivity contribution in [3.63, 3.8) is 0 Å². The summed E-state index contributed by atoms with van der Waals surface area (Å²) in [7, 11) is 2.80. The zero-order chi connectivity index (χ0) is 15.5. The number of ether oxygens (including phenoxy) is 1. The lowest BCUT2D eigenvalue weighted by molar-refractivity contribution is -0.146. The monoisotopic (exact) mass is 289 g/mol. The molecule has 0 aromatic carbocycles. The van der Waals surface area contributed by atoms with E-state index < -0.39 is 30.6 Å². The van der Waals surface area contributed by atoms with Crippen LogP contribution in [0.1, 0.15) is 12.8 Å². The summed E-state index contributed by atoms with van der Waals surface area (Å²) in [6, 6.07) is -1.58. The topological polar surface area (TPSA) is 150 Å². The number of guanidine groups is 1. The molecule has 0 heterocycles. The maximum absolute atomic E-state index is 11.9. The third kappa shape index (κ3) is 6.90. The van der Waals surface area contributed by atoms with E-state index in [-0.39, 0.29) is 5.96 Å². The Hall–Kier alpha value is -1.87. The molecule has 0 aromatic heterocycles. The molecule has 2 atom stereocenters. The van der Waals surface area contributed by atoms with Crippen LogP contribution in [0.2, 0.25) is 0 Å². The van der Waals surface area contributed by atoms with E-state index in [0.29, 0.717) is 19.4 Å². The number of nitrogens with one attached hydrogen (secondary N) is 4. The normalized spacial score (nSPS) is 13.2. The molecular formula is C11H23N5O4. The molecule has 0 saturated carbocycles. The lowest BCUT2D eigenvalue weighted by Gasteiger charge is -2.19. The maximum atomic E-state index is 11.9. The van der Waals surface area contributed by atoms with Gasteiger partial charge in [-0.2, -0.15) is 0 Å². The first-order valence-electron chi connectivity index (χ1n) is 6.20. The minimum Gasteiger partial charge on any atom is -0.467 e. The van der Waals surface area contributed by atoms with E-state index >= 15 is 0 Å². The first-order chi connectivity index (χ1) is 9.46. The van der Waals surface area contributed by atoms with E-state index in [0.717, 1.165) is 0 Å². The molecule has 0 fully saturated rings. The quantitative estimate of drug-likeness (QED) is 0.119. The van der Waals surface area contributed by atoms with Gasteiger partial charge in [-0.3, -0.25) is 10.2 Å². The van der Waals surface area contributed by atoms with Crippen molar-refractivity contribution < 1.29 is 19.4 Å². The number of hydrogen-bond donors (Lipinski definition) is 6. The number of carbonyl (C=O) groups excluding carboxylic acids is 2. The number of hydrogen-bond acceptors (Lipinski definition) is 6. The third-order valence-corrected chi connectivity index (χ3v) is 2.63. The zero-order valence-corrected chi connectivity index (χ0v) is 11.7. The van der Waals surface area contributed by atoms with Crippen LogP contribution in [-0.2, 0) is 14.3 Å². The third-order valence-electron chi connectivity index (χ3n) is 2.63. The summed E-state index contributed by atoms with van der Waals surface area (Å²) in [4.78, 5) is 23.2. The molecular weight excluding hydrogens is 266 g/mol. The van der Waals surface area contributed by atoms with Crippen LogP contribution >= 0.6 is 0 Å². The molecule has 0 aliphatic heterocycles. The van der Waals surface area contributed by atoms with E-state index in [1.807, 2.05) is 0 Å². The fraction of sp³-hybridized carbons (Fsp3) is 0.727. The molecule has 0 aliphatic carbocycles.